The molecule has 106 valence electrons. The zero-order valence-corrected chi connectivity index (χ0v) is 12.4. The minimum absolute atomic E-state index is 0.0116. The summed E-state index contributed by atoms with van der Waals surface area (Å²) in [6.45, 7) is 7.24. The standard InChI is InChI=1S/C9H18N2O.C6H7N/c1-9(2)4-5-11-8(12)7(6-9)10-3;1-6-3-2-4-7-5-6/h7,10H,4-6H2,1-3H3,(H,11,12);2-5H,1H3. The summed E-state index contributed by atoms with van der Waals surface area (Å²) >= 11 is 0. The molecule has 19 heavy (non-hydrogen) atoms. The minimum atomic E-state index is -0.0116. The quantitative estimate of drug-likeness (QED) is 0.813. The fourth-order valence-corrected chi connectivity index (χ4v) is 2.08. The van der Waals surface area contributed by atoms with Crippen LogP contribution in [0.25, 0.3) is 0 Å². The van der Waals surface area contributed by atoms with Gasteiger partial charge in [-0.25, -0.2) is 0 Å². The van der Waals surface area contributed by atoms with Gasteiger partial charge >= 0.3 is 0 Å². The topological polar surface area (TPSA) is 54.0 Å². The average molecular weight is 263 g/mol. The Morgan fingerprint density at radius 3 is 2.68 bits per heavy atom. The second-order valence-electron chi connectivity index (χ2n) is 5.78. The number of amides is 1. The van der Waals surface area contributed by atoms with Gasteiger partial charge in [0.25, 0.3) is 0 Å². The monoisotopic (exact) mass is 263 g/mol. The molecule has 1 amide bonds. The fraction of sp³-hybridized carbons (Fsp3) is 0.600. The Morgan fingerprint density at radius 2 is 2.21 bits per heavy atom. The van der Waals surface area contributed by atoms with Gasteiger partial charge in [0, 0.05) is 18.9 Å². The van der Waals surface area contributed by atoms with Crippen LogP contribution in [0.3, 0.4) is 0 Å². The lowest BCUT2D eigenvalue weighted by Gasteiger charge is -2.24. The molecule has 0 bridgehead atoms. The number of carbonyl (C=O) groups is 1. The maximum Gasteiger partial charge on any atom is 0.237 e. The lowest BCUT2D eigenvalue weighted by atomic mass is 9.83. The predicted molar refractivity (Wildman–Crippen MR) is 77.8 cm³/mol. The SMILES string of the molecule is CNC1CC(C)(C)CCNC1=O.Cc1cccnc1. The van der Waals surface area contributed by atoms with Crippen molar-refractivity contribution in [1.29, 1.82) is 0 Å². The number of hydrogen-bond donors (Lipinski definition) is 2. The molecule has 0 saturated carbocycles. The Balaban J connectivity index is 0.000000218. The first kappa shape index (κ1) is 15.6. The van der Waals surface area contributed by atoms with E-state index in [1.807, 2.05) is 32.3 Å². The Morgan fingerprint density at radius 1 is 1.47 bits per heavy atom. The summed E-state index contributed by atoms with van der Waals surface area (Å²) in [5.41, 5.74) is 1.48. The van der Waals surface area contributed by atoms with Gasteiger partial charge in [0.05, 0.1) is 6.04 Å². The zero-order chi connectivity index (χ0) is 14.3. The maximum absolute atomic E-state index is 11.4. The van der Waals surface area contributed by atoms with Crippen molar-refractivity contribution >= 4 is 5.91 Å². The lowest BCUT2D eigenvalue weighted by molar-refractivity contribution is -0.122. The van der Waals surface area contributed by atoms with E-state index in [1.54, 1.807) is 6.20 Å². The molecular weight excluding hydrogens is 238 g/mol. The van der Waals surface area contributed by atoms with E-state index in [-0.39, 0.29) is 17.4 Å². The van der Waals surface area contributed by atoms with E-state index < -0.39 is 0 Å². The first-order valence-electron chi connectivity index (χ1n) is 6.76. The number of carbonyl (C=O) groups excluding carboxylic acids is 1. The molecule has 4 nitrogen and oxygen atoms in total. The molecule has 1 aromatic rings. The average Bonchev–Trinajstić information content (AvgIpc) is 2.49. The van der Waals surface area contributed by atoms with Crippen molar-refractivity contribution in [3.8, 4) is 0 Å². The summed E-state index contributed by atoms with van der Waals surface area (Å²) in [4.78, 5) is 15.2. The molecule has 1 fully saturated rings. The molecule has 0 aliphatic carbocycles. The summed E-state index contributed by atoms with van der Waals surface area (Å²) < 4.78 is 0. The molecule has 0 spiro atoms. The first-order valence-corrected chi connectivity index (χ1v) is 6.76. The highest BCUT2D eigenvalue weighted by Gasteiger charge is 2.29. The number of nitrogens with zero attached hydrogens (tertiary/aromatic N) is 1. The summed E-state index contributed by atoms with van der Waals surface area (Å²) in [6, 6.07) is 3.94. The predicted octanol–water partition coefficient (Wildman–Crippen LogP) is 1.90. The summed E-state index contributed by atoms with van der Waals surface area (Å²) in [5, 5.41) is 5.94. The molecule has 2 N–H and O–H groups in total. The smallest absolute Gasteiger partial charge is 0.237 e. The number of hydrogen-bond acceptors (Lipinski definition) is 3. The largest absolute Gasteiger partial charge is 0.355 e. The van der Waals surface area contributed by atoms with E-state index >= 15 is 0 Å². The van der Waals surface area contributed by atoms with Crippen LogP contribution in [0.2, 0.25) is 0 Å². The third-order valence-corrected chi connectivity index (χ3v) is 3.33. The van der Waals surface area contributed by atoms with Crippen LogP contribution in [-0.2, 0) is 4.79 Å². The zero-order valence-electron chi connectivity index (χ0n) is 12.4. The molecular formula is C15H25N3O. The van der Waals surface area contributed by atoms with Crippen molar-refractivity contribution < 1.29 is 4.79 Å². The van der Waals surface area contributed by atoms with Gasteiger partial charge in [-0.3, -0.25) is 9.78 Å². The van der Waals surface area contributed by atoms with E-state index in [0.717, 1.165) is 19.4 Å². The van der Waals surface area contributed by atoms with Crippen LogP contribution in [0.4, 0.5) is 0 Å². The van der Waals surface area contributed by atoms with E-state index in [2.05, 4.69) is 29.5 Å². The van der Waals surface area contributed by atoms with Crippen molar-refractivity contribution in [3.63, 3.8) is 0 Å². The third kappa shape index (κ3) is 5.83. The van der Waals surface area contributed by atoms with Gasteiger partial charge in [-0.15, -0.1) is 0 Å². The van der Waals surface area contributed by atoms with Crippen molar-refractivity contribution in [2.24, 2.45) is 5.41 Å². The van der Waals surface area contributed by atoms with E-state index in [0.29, 0.717) is 0 Å². The summed E-state index contributed by atoms with van der Waals surface area (Å²) in [7, 11) is 1.84. The van der Waals surface area contributed by atoms with Gasteiger partial charge in [0.1, 0.15) is 0 Å². The Kier molecular flexibility index (Phi) is 5.96. The molecule has 1 saturated heterocycles. The van der Waals surface area contributed by atoms with Crippen molar-refractivity contribution in [1.82, 2.24) is 15.6 Å². The van der Waals surface area contributed by atoms with Gasteiger partial charge in [0.15, 0.2) is 0 Å². The highest BCUT2D eigenvalue weighted by atomic mass is 16.2. The molecule has 1 unspecified atom stereocenters. The van der Waals surface area contributed by atoms with Crippen molar-refractivity contribution in [2.45, 2.75) is 39.7 Å². The normalized spacial score (nSPS) is 21.7. The maximum atomic E-state index is 11.4. The molecule has 1 aliphatic rings. The number of aryl methyl sites for hydroxylation is 1. The highest BCUT2D eigenvalue weighted by Crippen LogP contribution is 2.27. The van der Waals surface area contributed by atoms with Gasteiger partial charge in [-0.2, -0.15) is 0 Å². The fourth-order valence-electron chi connectivity index (χ4n) is 2.08. The molecule has 2 rings (SSSR count). The number of nitrogens with one attached hydrogen (secondary N) is 2. The van der Waals surface area contributed by atoms with Crippen LogP contribution in [0, 0.1) is 12.3 Å². The number of rotatable bonds is 1. The second-order valence-corrected chi connectivity index (χ2v) is 5.78. The van der Waals surface area contributed by atoms with E-state index in [9.17, 15) is 4.79 Å². The molecule has 1 aromatic heterocycles. The highest BCUT2D eigenvalue weighted by molar-refractivity contribution is 5.82. The van der Waals surface area contributed by atoms with Gasteiger partial charge < -0.3 is 10.6 Å². The minimum Gasteiger partial charge on any atom is -0.355 e. The van der Waals surface area contributed by atoms with Crippen molar-refractivity contribution in [3.05, 3.63) is 30.1 Å². The Hall–Kier alpha value is -1.42. The van der Waals surface area contributed by atoms with Crippen LogP contribution in [-0.4, -0.2) is 30.5 Å². The van der Waals surface area contributed by atoms with E-state index in [4.69, 9.17) is 0 Å². The van der Waals surface area contributed by atoms with Gasteiger partial charge in [-0.1, -0.05) is 19.9 Å². The second kappa shape index (κ2) is 7.24. The lowest BCUT2D eigenvalue weighted by Crippen LogP contribution is -2.41. The van der Waals surface area contributed by atoms with Crippen molar-refractivity contribution in [2.75, 3.05) is 13.6 Å². The molecule has 4 heteroatoms. The summed E-state index contributed by atoms with van der Waals surface area (Å²) in [5.74, 6) is 0.142. The number of pyridine rings is 1. The molecule has 0 aromatic carbocycles. The Bertz CT molecular complexity index is 390. The van der Waals surface area contributed by atoms with Gasteiger partial charge in [-0.05, 0) is 43.9 Å². The van der Waals surface area contributed by atoms with Gasteiger partial charge in [0.2, 0.25) is 5.91 Å². The number of aromatic nitrogens is 1. The third-order valence-electron chi connectivity index (χ3n) is 3.33. The van der Waals surface area contributed by atoms with Crippen LogP contribution in [0.5, 0.6) is 0 Å². The summed E-state index contributed by atoms with van der Waals surface area (Å²) in [6.07, 6.45) is 5.60. The van der Waals surface area contributed by atoms with Crippen LogP contribution >= 0.6 is 0 Å². The molecule has 2 heterocycles. The molecule has 1 aliphatic heterocycles. The first-order chi connectivity index (χ1) is 8.94. The Labute approximate surface area is 116 Å². The van der Waals surface area contributed by atoms with Crippen LogP contribution in [0.1, 0.15) is 32.3 Å². The molecule has 0 radical (unpaired) electrons. The number of likely N-dealkylation sites (N-methyl/N-ethyl adjacent to an activating group) is 1. The van der Waals surface area contributed by atoms with E-state index in [1.165, 1.54) is 5.56 Å². The van der Waals surface area contributed by atoms with Crippen LogP contribution < -0.4 is 10.6 Å². The molecule has 1 atom stereocenters. The van der Waals surface area contributed by atoms with Crippen LogP contribution in [0.15, 0.2) is 24.5 Å².